The highest BCUT2D eigenvalue weighted by Gasteiger charge is 2.25. The third-order valence-electron chi connectivity index (χ3n) is 2.57. The molecule has 0 saturated heterocycles. The van der Waals surface area contributed by atoms with Crippen molar-refractivity contribution in [1.82, 2.24) is 0 Å². The fourth-order valence-electron chi connectivity index (χ4n) is 1.26. The lowest BCUT2D eigenvalue weighted by molar-refractivity contribution is 0.338. The molecule has 0 aliphatic rings. The Morgan fingerprint density at radius 2 is 1.85 bits per heavy atom. The van der Waals surface area contributed by atoms with Crippen molar-refractivity contribution in [3.63, 3.8) is 0 Å². The lowest BCUT2D eigenvalue weighted by Gasteiger charge is -2.24. The summed E-state index contributed by atoms with van der Waals surface area (Å²) >= 11 is 0. The molecule has 2 heteroatoms. The van der Waals surface area contributed by atoms with Crippen molar-refractivity contribution in [2.24, 2.45) is 0 Å². The van der Waals surface area contributed by atoms with Crippen LogP contribution in [0.3, 0.4) is 0 Å². The Labute approximate surface area is 80.7 Å². The molecule has 1 aromatic rings. The summed E-state index contributed by atoms with van der Waals surface area (Å²) in [6.07, 6.45) is 0. The number of aliphatic hydroxyl groups is 1. The van der Waals surface area contributed by atoms with Crippen molar-refractivity contribution in [3.05, 3.63) is 42.1 Å². The van der Waals surface area contributed by atoms with Gasteiger partial charge in [-0.15, -0.1) is 6.58 Å². The molecule has 0 aliphatic heterocycles. The van der Waals surface area contributed by atoms with Gasteiger partial charge in [-0.2, -0.15) is 0 Å². The highest BCUT2D eigenvalue weighted by atomic mass is 28.3. The fourth-order valence-corrected chi connectivity index (χ4v) is 3.09. The molecule has 0 unspecified atom stereocenters. The summed E-state index contributed by atoms with van der Waals surface area (Å²) in [5, 5.41) is 11.4. The standard InChI is InChI=1S/C11H16OSi/c1-10(9-12)13(2,3)11-7-5-4-6-8-11/h4-8,12H,1,9H2,2-3H3. The van der Waals surface area contributed by atoms with Crippen LogP contribution in [0.2, 0.25) is 13.1 Å². The van der Waals surface area contributed by atoms with Gasteiger partial charge in [0.15, 0.2) is 0 Å². The Morgan fingerprint density at radius 1 is 1.31 bits per heavy atom. The molecule has 0 saturated carbocycles. The van der Waals surface area contributed by atoms with E-state index in [9.17, 15) is 0 Å². The normalized spacial score (nSPS) is 11.3. The van der Waals surface area contributed by atoms with E-state index in [1.54, 1.807) is 0 Å². The van der Waals surface area contributed by atoms with E-state index in [1.807, 2.05) is 18.2 Å². The van der Waals surface area contributed by atoms with E-state index in [2.05, 4.69) is 31.8 Å². The minimum atomic E-state index is -1.63. The van der Waals surface area contributed by atoms with Gasteiger partial charge in [-0.1, -0.05) is 53.8 Å². The maximum absolute atomic E-state index is 9.07. The first kappa shape index (κ1) is 10.2. The van der Waals surface area contributed by atoms with Gasteiger partial charge in [0.2, 0.25) is 0 Å². The lowest BCUT2D eigenvalue weighted by atomic mass is 10.4. The highest BCUT2D eigenvalue weighted by molar-refractivity contribution is 6.95. The topological polar surface area (TPSA) is 20.2 Å². The third kappa shape index (κ3) is 2.08. The first-order valence-corrected chi connectivity index (χ1v) is 7.43. The summed E-state index contributed by atoms with van der Waals surface area (Å²) < 4.78 is 0. The highest BCUT2D eigenvalue weighted by Crippen LogP contribution is 2.12. The molecule has 1 N–H and O–H groups in total. The molecule has 70 valence electrons. The molecule has 0 aromatic heterocycles. The third-order valence-corrected chi connectivity index (χ3v) is 6.27. The molecule has 0 bridgehead atoms. The quantitative estimate of drug-likeness (QED) is 0.723. The molecule has 0 radical (unpaired) electrons. The number of benzene rings is 1. The summed E-state index contributed by atoms with van der Waals surface area (Å²) in [4.78, 5) is 0. The minimum absolute atomic E-state index is 0.105. The Kier molecular flexibility index (Phi) is 3.06. The minimum Gasteiger partial charge on any atom is -0.392 e. The van der Waals surface area contributed by atoms with Gasteiger partial charge < -0.3 is 5.11 Å². The van der Waals surface area contributed by atoms with Crippen LogP contribution in [-0.2, 0) is 0 Å². The van der Waals surface area contributed by atoms with Gasteiger partial charge in [0.05, 0.1) is 6.61 Å². The number of rotatable bonds is 3. The summed E-state index contributed by atoms with van der Waals surface area (Å²) in [5.41, 5.74) is 0. The van der Waals surface area contributed by atoms with Gasteiger partial charge in [0.25, 0.3) is 0 Å². The van der Waals surface area contributed by atoms with Crippen LogP contribution >= 0.6 is 0 Å². The first-order chi connectivity index (χ1) is 6.09. The van der Waals surface area contributed by atoms with Crippen molar-refractivity contribution in [2.75, 3.05) is 6.61 Å². The maximum Gasteiger partial charge on any atom is 0.109 e. The molecule has 0 heterocycles. The Balaban J connectivity index is 3.00. The smallest absolute Gasteiger partial charge is 0.109 e. The molecule has 0 aliphatic carbocycles. The van der Waals surface area contributed by atoms with Crippen LogP contribution in [0.1, 0.15) is 0 Å². The summed E-state index contributed by atoms with van der Waals surface area (Å²) in [6.45, 7) is 8.46. The zero-order valence-electron chi connectivity index (χ0n) is 8.25. The average molecular weight is 192 g/mol. The van der Waals surface area contributed by atoms with Crippen molar-refractivity contribution in [1.29, 1.82) is 0 Å². The molecule has 0 atom stereocenters. The van der Waals surface area contributed by atoms with Crippen LogP contribution in [0.25, 0.3) is 0 Å². The van der Waals surface area contributed by atoms with Crippen LogP contribution < -0.4 is 5.19 Å². The maximum atomic E-state index is 9.07. The van der Waals surface area contributed by atoms with Gasteiger partial charge in [-0.25, -0.2) is 0 Å². The second kappa shape index (κ2) is 3.90. The monoisotopic (exact) mass is 192 g/mol. The van der Waals surface area contributed by atoms with Crippen molar-refractivity contribution >= 4 is 13.3 Å². The molecule has 1 aromatic carbocycles. The molecule has 0 amide bonds. The van der Waals surface area contributed by atoms with Crippen molar-refractivity contribution in [2.45, 2.75) is 13.1 Å². The van der Waals surface area contributed by atoms with Crippen LogP contribution in [0.15, 0.2) is 42.1 Å². The average Bonchev–Trinajstić information content (AvgIpc) is 2.18. The van der Waals surface area contributed by atoms with E-state index >= 15 is 0 Å². The number of hydrogen-bond donors (Lipinski definition) is 1. The Bertz CT molecular complexity index is 290. The van der Waals surface area contributed by atoms with Gasteiger partial charge in [-0.3, -0.25) is 0 Å². The van der Waals surface area contributed by atoms with E-state index in [-0.39, 0.29) is 6.61 Å². The van der Waals surface area contributed by atoms with Crippen molar-refractivity contribution < 1.29 is 5.11 Å². The van der Waals surface area contributed by atoms with Gasteiger partial charge in [0.1, 0.15) is 8.07 Å². The summed E-state index contributed by atoms with van der Waals surface area (Å²) in [6, 6.07) is 10.3. The van der Waals surface area contributed by atoms with E-state index in [0.717, 1.165) is 5.20 Å². The van der Waals surface area contributed by atoms with Crippen molar-refractivity contribution in [3.8, 4) is 0 Å². The van der Waals surface area contributed by atoms with Crippen LogP contribution in [0.4, 0.5) is 0 Å². The predicted molar refractivity (Wildman–Crippen MR) is 59.8 cm³/mol. The van der Waals surface area contributed by atoms with Gasteiger partial charge in [-0.05, 0) is 0 Å². The van der Waals surface area contributed by atoms with Gasteiger partial charge in [0, 0.05) is 0 Å². The van der Waals surface area contributed by atoms with E-state index < -0.39 is 8.07 Å². The number of hydrogen-bond acceptors (Lipinski definition) is 1. The molecular formula is C11H16OSi. The molecule has 1 nitrogen and oxygen atoms in total. The van der Waals surface area contributed by atoms with E-state index in [0.29, 0.717) is 0 Å². The first-order valence-electron chi connectivity index (χ1n) is 4.43. The summed E-state index contributed by atoms with van der Waals surface area (Å²) in [5.74, 6) is 0. The molecule has 13 heavy (non-hydrogen) atoms. The molecule has 0 spiro atoms. The molecule has 0 fully saturated rings. The van der Waals surface area contributed by atoms with Crippen LogP contribution in [0.5, 0.6) is 0 Å². The zero-order chi connectivity index (χ0) is 9.90. The Morgan fingerprint density at radius 3 is 2.31 bits per heavy atom. The van der Waals surface area contributed by atoms with E-state index in [4.69, 9.17) is 5.11 Å². The van der Waals surface area contributed by atoms with Crippen LogP contribution in [-0.4, -0.2) is 19.8 Å². The second-order valence-corrected chi connectivity index (χ2v) is 8.29. The predicted octanol–water partition coefficient (Wildman–Crippen LogP) is 1.69. The lowest BCUT2D eigenvalue weighted by Crippen LogP contribution is -2.44. The number of aliphatic hydroxyl groups excluding tert-OH is 1. The molecule has 1 rings (SSSR count). The van der Waals surface area contributed by atoms with Gasteiger partial charge >= 0.3 is 0 Å². The molecular weight excluding hydrogens is 176 g/mol. The zero-order valence-corrected chi connectivity index (χ0v) is 9.25. The second-order valence-electron chi connectivity index (χ2n) is 3.75. The fraction of sp³-hybridized carbons (Fsp3) is 0.273. The SMILES string of the molecule is C=C(CO)[Si](C)(C)c1ccccc1. The van der Waals surface area contributed by atoms with E-state index in [1.165, 1.54) is 5.19 Å². The summed E-state index contributed by atoms with van der Waals surface area (Å²) in [7, 11) is -1.63. The van der Waals surface area contributed by atoms with Crippen LogP contribution in [0, 0.1) is 0 Å². The Hall–Kier alpha value is -0.863. The largest absolute Gasteiger partial charge is 0.392 e.